The molecule has 0 fully saturated rings. The summed E-state index contributed by atoms with van der Waals surface area (Å²) in [6, 6.07) is 0. The van der Waals surface area contributed by atoms with Gasteiger partial charge in [0.15, 0.2) is 6.10 Å². The predicted molar refractivity (Wildman–Crippen MR) is 164 cm³/mol. The lowest BCUT2D eigenvalue weighted by Gasteiger charge is -2.19. The molecule has 0 amide bonds. The first kappa shape index (κ1) is 38.5. The van der Waals surface area contributed by atoms with E-state index in [2.05, 4.69) is 26.0 Å². The zero-order chi connectivity index (χ0) is 30.4. The van der Waals surface area contributed by atoms with Gasteiger partial charge in [-0.3, -0.25) is 18.6 Å². The summed E-state index contributed by atoms with van der Waals surface area (Å²) in [5.41, 5.74) is 5.28. The number of allylic oxidation sites excluding steroid dienone is 12. The minimum absolute atomic E-state index is 0.0339. The van der Waals surface area contributed by atoms with Crippen LogP contribution in [0.4, 0.5) is 0 Å². The molecule has 0 radical (unpaired) electrons. The molecule has 9 nitrogen and oxygen atoms in total. The first-order chi connectivity index (χ1) is 19.8. The zero-order valence-corrected chi connectivity index (χ0v) is 25.6. The maximum atomic E-state index is 12.3. The van der Waals surface area contributed by atoms with Crippen molar-refractivity contribution in [3.63, 3.8) is 0 Å². The zero-order valence-electron chi connectivity index (χ0n) is 24.7. The molecule has 0 rings (SSSR count). The van der Waals surface area contributed by atoms with Gasteiger partial charge in [-0.25, -0.2) is 4.57 Å². The first-order valence-electron chi connectivity index (χ1n) is 14.5. The van der Waals surface area contributed by atoms with Crippen molar-refractivity contribution in [2.24, 2.45) is 5.73 Å². The fraction of sp³-hybridized carbons (Fsp3) is 0.548. The Balaban J connectivity index is 4.59. The van der Waals surface area contributed by atoms with Gasteiger partial charge < -0.3 is 20.1 Å². The van der Waals surface area contributed by atoms with Crippen LogP contribution in [0.2, 0.25) is 0 Å². The lowest BCUT2D eigenvalue weighted by atomic mass is 10.2. The first-order valence-corrected chi connectivity index (χ1v) is 16.0. The second-order valence-electron chi connectivity index (χ2n) is 9.00. The number of hydrogen-bond donors (Lipinski definition) is 2. The number of ether oxygens (including phenoxy) is 2. The maximum Gasteiger partial charge on any atom is 0.472 e. The Morgan fingerprint density at radius 3 is 2.05 bits per heavy atom. The van der Waals surface area contributed by atoms with Gasteiger partial charge in [0, 0.05) is 19.4 Å². The highest BCUT2D eigenvalue weighted by Crippen LogP contribution is 2.43. The van der Waals surface area contributed by atoms with Crippen molar-refractivity contribution in [1.82, 2.24) is 0 Å². The minimum atomic E-state index is -4.39. The standard InChI is InChI=1S/C31H50NO8P/c1-3-5-7-9-11-12-13-14-15-16-18-20-22-24-31(34)40-29(28-39-41(35,36)38-26-25-32)27-37-30(33)23-21-19-17-10-8-6-4-2/h5,7,9,11-19,29H,3-4,6,8,10,20-28,32H2,1-2H3,(H,35,36)/b7-5+,11-9+,13-12+,15-14+,18-16+,19-17+. The van der Waals surface area contributed by atoms with E-state index in [9.17, 15) is 19.0 Å². The van der Waals surface area contributed by atoms with Crippen molar-refractivity contribution in [1.29, 1.82) is 0 Å². The Morgan fingerprint density at radius 1 is 0.756 bits per heavy atom. The molecule has 0 aromatic carbocycles. The topological polar surface area (TPSA) is 134 Å². The van der Waals surface area contributed by atoms with Crippen LogP contribution in [-0.4, -0.2) is 49.3 Å². The van der Waals surface area contributed by atoms with E-state index in [1.165, 1.54) is 6.42 Å². The van der Waals surface area contributed by atoms with E-state index in [1.807, 2.05) is 60.8 Å². The van der Waals surface area contributed by atoms with Gasteiger partial charge in [-0.05, 0) is 38.5 Å². The number of unbranched alkanes of at least 4 members (excludes halogenated alkanes) is 4. The van der Waals surface area contributed by atoms with Crippen LogP contribution in [0.3, 0.4) is 0 Å². The molecule has 41 heavy (non-hydrogen) atoms. The summed E-state index contributed by atoms with van der Waals surface area (Å²) < 4.78 is 32.2. The third-order valence-electron chi connectivity index (χ3n) is 5.22. The van der Waals surface area contributed by atoms with Gasteiger partial charge >= 0.3 is 19.8 Å². The quantitative estimate of drug-likeness (QED) is 0.0384. The van der Waals surface area contributed by atoms with Crippen molar-refractivity contribution in [2.75, 3.05) is 26.4 Å². The van der Waals surface area contributed by atoms with Crippen molar-refractivity contribution in [3.05, 3.63) is 72.9 Å². The SMILES string of the molecule is CC/C=C/C=C/C=C/C=C/C=C/CCCC(=O)OC(COC(=O)CC/C=C/CCCCC)COP(=O)(O)OCCN. The van der Waals surface area contributed by atoms with Gasteiger partial charge in [0.1, 0.15) is 6.61 Å². The van der Waals surface area contributed by atoms with E-state index < -0.39 is 32.5 Å². The molecule has 3 N–H and O–H groups in total. The summed E-state index contributed by atoms with van der Waals surface area (Å²) in [5.74, 6) is -0.996. The molecule has 2 atom stereocenters. The Morgan fingerprint density at radius 2 is 1.39 bits per heavy atom. The summed E-state index contributed by atoms with van der Waals surface area (Å²) in [6.45, 7) is 3.31. The lowest BCUT2D eigenvalue weighted by Crippen LogP contribution is -2.29. The molecule has 232 valence electrons. The predicted octanol–water partition coefficient (Wildman–Crippen LogP) is 6.81. The monoisotopic (exact) mass is 595 g/mol. The van der Waals surface area contributed by atoms with Crippen LogP contribution in [0.5, 0.6) is 0 Å². The molecule has 0 bridgehead atoms. The van der Waals surface area contributed by atoms with Gasteiger partial charge in [-0.1, -0.05) is 99.6 Å². The molecule has 0 spiro atoms. The van der Waals surface area contributed by atoms with Crippen LogP contribution in [-0.2, 0) is 32.7 Å². The smallest absolute Gasteiger partial charge is 0.462 e. The van der Waals surface area contributed by atoms with Crippen molar-refractivity contribution in [2.45, 2.75) is 84.2 Å². The number of nitrogens with two attached hydrogens (primary N) is 1. The molecule has 0 saturated heterocycles. The molecular formula is C31H50NO8P. The van der Waals surface area contributed by atoms with Gasteiger partial charge in [-0.2, -0.15) is 0 Å². The average molecular weight is 596 g/mol. The van der Waals surface area contributed by atoms with Crippen LogP contribution in [0, 0.1) is 0 Å². The average Bonchev–Trinajstić information content (AvgIpc) is 2.95. The number of carbonyl (C=O) groups excluding carboxylic acids is 2. The fourth-order valence-corrected chi connectivity index (χ4v) is 3.85. The summed E-state index contributed by atoms with van der Waals surface area (Å²) in [6.07, 6.45) is 29.9. The number of rotatable bonds is 25. The largest absolute Gasteiger partial charge is 0.472 e. The van der Waals surface area contributed by atoms with Crippen LogP contribution in [0.25, 0.3) is 0 Å². The Bertz CT molecular complexity index is 908. The highest BCUT2D eigenvalue weighted by atomic mass is 31.2. The Hall–Kier alpha value is -2.55. The van der Waals surface area contributed by atoms with Crippen molar-refractivity contribution >= 4 is 19.8 Å². The Kier molecular flexibility index (Phi) is 25.9. The van der Waals surface area contributed by atoms with Gasteiger partial charge in [0.25, 0.3) is 0 Å². The highest BCUT2D eigenvalue weighted by Gasteiger charge is 2.25. The molecule has 0 aromatic rings. The van der Waals surface area contributed by atoms with Gasteiger partial charge in [-0.15, -0.1) is 0 Å². The number of phosphoric ester groups is 1. The van der Waals surface area contributed by atoms with E-state index in [4.69, 9.17) is 24.3 Å². The van der Waals surface area contributed by atoms with E-state index >= 15 is 0 Å². The molecule has 2 unspecified atom stereocenters. The number of carbonyl (C=O) groups is 2. The third kappa shape index (κ3) is 27.4. The lowest BCUT2D eigenvalue weighted by molar-refractivity contribution is -0.161. The molecular weight excluding hydrogens is 545 g/mol. The summed E-state index contributed by atoms with van der Waals surface area (Å²) in [4.78, 5) is 34.2. The number of esters is 2. The van der Waals surface area contributed by atoms with Gasteiger partial charge in [0.2, 0.25) is 0 Å². The molecule has 0 aliphatic heterocycles. The maximum absolute atomic E-state index is 12.3. The number of phosphoric acid groups is 1. The Labute approximate surface area is 246 Å². The highest BCUT2D eigenvalue weighted by molar-refractivity contribution is 7.47. The van der Waals surface area contributed by atoms with E-state index in [0.717, 1.165) is 25.7 Å². The second kappa shape index (κ2) is 27.6. The van der Waals surface area contributed by atoms with Gasteiger partial charge in [0.05, 0.1) is 13.2 Å². The van der Waals surface area contributed by atoms with E-state index in [0.29, 0.717) is 19.3 Å². The molecule has 0 aromatic heterocycles. The summed E-state index contributed by atoms with van der Waals surface area (Å²) in [5, 5.41) is 0. The van der Waals surface area contributed by atoms with Crippen molar-refractivity contribution < 1.29 is 37.6 Å². The normalized spacial score (nSPS) is 14.7. The molecule has 0 saturated carbocycles. The van der Waals surface area contributed by atoms with Crippen LogP contribution < -0.4 is 5.73 Å². The fourth-order valence-electron chi connectivity index (χ4n) is 3.09. The molecule has 0 aliphatic rings. The summed E-state index contributed by atoms with van der Waals surface area (Å²) in [7, 11) is -4.39. The number of hydrogen-bond acceptors (Lipinski definition) is 8. The van der Waals surface area contributed by atoms with Crippen LogP contribution >= 0.6 is 7.82 Å². The molecule has 0 heterocycles. The third-order valence-corrected chi connectivity index (χ3v) is 6.20. The minimum Gasteiger partial charge on any atom is -0.462 e. The second-order valence-corrected chi connectivity index (χ2v) is 10.5. The van der Waals surface area contributed by atoms with Crippen LogP contribution in [0.1, 0.15) is 78.1 Å². The summed E-state index contributed by atoms with van der Waals surface area (Å²) >= 11 is 0. The molecule has 10 heteroatoms. The van der Waals surface area contributed by atoms with E-state index in [1.54, 1.807) is 0 Å². The van der Waals surface area contributed by atoms with Crippen LogP contribution in [0.15, 0.2) is 72.9 Å². The van der Waals surface area contributed by atoms with Crippen molar-refractivity contribution in [3.8, 4) is 0 Å². The van der Waals surface area contributed by atoms with E-state index in [-0.39, 0.29) is 32.6 Å². The molecule has 0 aliphatic carbocycles.